The van der Waals surface area contributed by atoms with E-state index in [2.05, 4.69) is 16.6 Å². The summed E-state index contributed by atoms with van der Waals surface area (Å²) in [5, 5.41) is 7.34. The van der Waals surface area contributed by atoms with Gasteiger partial charge in [0.1, 0.15) is 5.82 Å². The van der Waals surface area contributed by atoms with E-state index in [1.54, 1.807) is 24.1 Å². The first-order chi connectivity index (χ1) is 8.49. The van der Waals surface area contributed by atoms with Crippen LogP contribution in [0.5, 0.6) is 0 Å². The molecule has 6 nitrogen and oxygen atoms in total. The summed E-state index contributed by atoms with van der Waals surface area (Å²) in [6.07, 6.45) is 4.33. The Bertz CT molecular complexity index is 505. The number of nitrogens with zero attached hydrogens (tertiary/aromatic N) is 2. The Balaban J connectivity index is 3.12. The van der Waals surface area contributed by atoms with Gasteiger partial charge in [-0.15, -0.1) is 0 Å². The highest BCUT2D eigenvalue weighted by atomic mass is 15.1. The maximum atomic E-state index is 7.34. The van der Waals surface area contributed by atoms with Crippen LogP contribution in [0.1, 0.15) is 18.2 Å². The van der Waals surface area contributed by atoms with E-state index in [0.29, 0.717) is 17.2 Å². The molecule has 6 N–H and O–H groups in total. The largest absolute Gasteiger partial charge is 0.403 e. The smallest absolute Gasteiger partial charge is 0.141 e. The van der Waals surface area contributed by atoms with Gasteiger partial charge in [-0.2, -0.15) is 0 Å². The first kappa shape index (κ1) is 13.6. The number of nitrogens with two attached hydrogens (primary N) is 2. The van der Waals surface area contributed by atoms with Crippen molar-refractivity contribution in [1.29, 1.82) is 5.41 Å². The van der Waals surface area contributed by atoms with Gasteiger partial charge in [-0.1, -0.05) is 6.58 Å². The van der Waals surface area contributed by atoms with Gasteiger partial charge in [0.15, 0.2) is 0 Å². The minimum Gasteiger partial charge on any atom is -0.403 e. The molecular formula is C12H18N6. The van der Waals surface area contributed by atoms with Crippen molar-refractivity contribution in [2.24, 2.45) is 16.5 Å². The molecule has 0 unspecified atom stereocenters. The van der Waals surface area contributed by atoms with Crippen LogP contribution in [0.4, 0.5) is 5.82 Å². The Morgan fingerprint density at radius 2 is 2.28 bits per heavy atom. The first-order valence-corrected chi connectivity index (χ1v) is 5.34. The molecule has 0 radical (unpaired) electrons. The Kier molecular flexibility index (Phi) is 4.31. The molecule has 1 aromatic rings. The summed E-state index contributed by atoms with van der Waals surface area (Å²) >= 11 is 0. The molecule has 0 aromatic carbocycles. The molecule has 0 atom stereocenters. The number of amidine groups is 1. The molecule has 96 valence electrons. The lowest BCUT2D eigenvalue weighted by atomic mass is 10.2. The average molecular weight is 246 g/mol. The normalized spacial score (nSPS) is 11.8. The van der Waals surface area contributed by atoms with Gasteiger partial charge in [0, 0.05) is 31.2 Å². The van der Waals surface area contributed by atoms with Crippen LogP contribution in [0.2, 0.25) is 0 Å². The maximum Gasteiger partial charge on any atom is 0.141 e. The van der Waals surface area contributed by atoms with Crippen molar-refractivity contribution in [3.05, 3.63) is 36.3 Å². The molecule has 0 aliphatic heterocycles. The predicted octanol–water partition coefficient (Wildman–Crippen LogP) is 1.35. The molecule has 0 saturated carbocycles. The van der Waals surface area contributed by atoms with Crippen LogP contribution in [0.25, 0.3) is 5.70 Å². The first-order valence-electron chi connectivity index (χ1n) is 5.34. The van der Waals surface area contributed by atoms with E-state index in [0.717, 1.165) is 11.4 Å². The summed E-state index contributed by atoms with van der Waals surface area (Å²) in [4.78, 5) is 8.96. The Morgan fingerprint density at radius 1 is 1.61 bits per heavy atom. The molecule has 0 aliphatic carbocycles. The molecular weight excluding hydrogens is 228 g/mol. The summed E-state index contributed by atoms with van der Waals surface area (Å²) in [5.74, 6) is 0.971. The molecule has 0 spiro atoms. The number of rotatable bonds is 5. The molecule has 0 amide bonds. The molecule has 0 aliphatic rings. The second-order valence-electron chi connectivity index (χ2n) is 3.78. The van der Waals surface area contributed by atoms with Crippen molar-refractivity contribution in [3.63, 3.8) is 0 Å². The highest BCUT2D eigenvalue weighted by Crippen LogP contribution is 2.23. The van der Waals surface area contributed by atoms with Gasteiger partial charge < -0.3 is 26.8 Å². The van der Waals surface area contributed by atoms with Crippen LogP contribution >= 0.6 is 0 Å². The Hall–Kier alpha value is -2.50. The SMILES string of the molecule is C=C(c1cc(C=N)c(/N=C(\C)N)[nH]1)N(C)/C=C\N. The molecule has 6 heteroatoms. The van der Waals surface area contributed by atoms with Gasteiger partial charge in [0.2, 0.25) is 0 Å². The number of H-pyrrole nitrogens is 1. The van der Waals surface area contributed by atoms with E-state index >= 15 is 0 Å². The zero-order valence-electron chi connectivity index (χ0n) is 10.6. The third-order valence-corrected chi connectivity index (χ3v) is 2.32. The number of aromatic nitrogens is 1. The van der Waals surface area contributed by atoms with E-state index in [4.69, 9.17) is 16.9 Å². The van der Waals surface area contributed by atoms with E-state index < -0.39 is 0 Å². The summed E-state index contributed by atoms with van der Waals surface area (Å²) in [5.41, 5.74) is 13.0. The van der Waals surface area contributed by atoms with Gasteiger partial charge in [0.05, 0.1) is 17.2 Å². The van der Waals surface area contributed by atoms with Gasteiger partial charge in [-0.25, -0.2) is 4.99 Å². The highest BCUT2D eigenvalue weighted by molar-refractivity contribution is 5.89. The molecule has 1 heterocycles. The minimum absolute atomic E-state index is 0.423. The van der Waals surface area contributed by atoms with Crippen LogP contribution in [0.3, 0.4) is 0 Å². The van der Waals surface area contributed by atoms with Gasteiger partial charge in [0.25, 0.3) is 0 Å². The highest BCUT2D eigenvalue weighted by Gasteiger charge is 2.10. The van der Waals surface area contributed by atoms with Crippen molar-refractivity contribution in [3.8, 4) is 0 Å². The predicted molar refractivity (Wildman–Crippen MR) is 75.8 cm³/mol. The fraction of sp³-hybridized carbons (Fsp3) is 0.167. The Morgan fingerprint density at radius 3 is 2.78 bits per heavy atom. The zero-order chi connectivity index (χ0) is 13.7. The summed E-state index contributed by atoms with van der Waals surface area (Å²) in [6, 6.07) is 1.79. The third kappa shape index (κ3) is 3.00. The summed E-state index contributed by atoms with van der Waals surface area (Å²) in [6.45, 7) is 5.63. The molecule has 0 saturated heterocycles. The lowest BCUT2D eigenvalue weighted by Gasteiger charge is -2.15. The summed E-state index contributed by atoms with van der Waals surface area (Å²) < 4.78 is 0. The fourth-order valence-electron chi connectivity index (χ4n) is 1.40. The third-order valence-electron chi connectivity index (χ3n) is 2.32. The molecule has 1 rings (SSSR count). The number of hydrogen-bond acceptors (Lipinski definition) is 4. The van der Waals surface area contributed by atoms with E-state index in [1.807, 2.05) is 7.05 Å². The molecule has 18 heavy (non-hydrogen) atoms. The summed E-state index contributed by atoms with van der Waals surface area (Å²) in [7, 11) is 1.83. The van der Waals surface area contributed by atoms with E-state index in [1.165, 1.54) is 12.4 Å². The van der Waals surface area contributed by atoms with E-state index in [-0.39, 0.29) is 0 Å². The molecule has 0 fully saturated rings. The standard InChI is InChI=1S/C12H18N6/c1-8(18(3)5-4-13)11-6-10(7-14)12(17-11)16-9(2)15/h4-7,14,17H,1,13H2,2-3H3,(H2,15,16)/b5-4-,14-7?. The quantitative estimate of drug-likeness (QED) is 0.465. The lowest BCUT2D eigenvalue weighted by molar-refractivity contribution is 0.652. The van der Waals surface area contributed by atoms with Gasteiger partial charge in [-0.3, -0.25) is 0 Å². The molecule has 1 aromatic heterocycles. The van der Waals surface area contributed by atoms with Crippen LogP contribution < -0.4 is 11.5 Å². The average Bonchev–Trinajstić information content (AvgIpc) is 2.70. The van der Waals surface area contributed by atoms with Crippen molar-refractivity contribution in [1.82, 2.24) is 9.88 Å². The zero-order valence-corrected chi connectivity index (χ0v) is 10.6. The number of aromatic amines is 1. The van der Waals surface area contributed by atoms with Crippen molar-refractivity contribution in [2.45, 2.75) is 6.92 Å². The van der Waals surface area contributed by atoms with Crippen molar-refractivity contribution in [2.75, 3.05) is 7.05 Å². The van der Waals surface area contributed by atoms with Crippen LogP contribution in [-0.4, -0.2) is 29.0 Å². The van der Waals surface area contributed by atoms with Crippen molar-refractivity contribution < 1.29 is 0 Å². The second-order valence-corrected chi connectivity index (χ2v) is 3.78. The monoisotopic (exact) mass is 246 g/mol. The van der Waals surface area contributed by atoms with Crippen molar-refractivity contribution >= 4 is 23.6 Å². The minimum atomic E-state index is 0.423. The number of aliphatic imine (C=N–C) groups is 1. The fourth-order valence-corrected chi connectivity index (χ4v) is 1.40. The maximum absolute atomic E-state index is 7.34. The second kappa shape index (κ2) is 5.72. The number of hydrogen-bond donors (Lipinski definition) is 4. The topological polar surface area (TPSA) is 107 Å². The lowest BCUT2D eigenvalue weighted by Crippen LogP contribution is -2.09. The van der Waals surface area contributed by atoms with E-state index in [9.17, 15) is 0 Å². The molecule has 0 bridgehead atoms. The van der Waals surface area contributed by atoms with Crippen LogP contribution in [0.15, 0.2) is 30.0 Å². The van der Waals surface area contributed by atoms with Crippen LogP contribution in [-0.2, 0) is 0 Å². The van der Waals surface area contributed by atoms with Gasteiger partial charge in [-0.05, 0) is 13.0 Å². The van der Waals surface area contributed by atoms with Gasteiger partial charge >= 0.3 is 0 Å². The Labute approximate surface area is 106 Å². The van der Waals surface area contributed by atoms with Crippen LogP contribution in [0, 0.1) is 5.41 Å². The number of nitrogens with one attached hydrogen (secondary N) is 2.